The molecule has 0 aliphatic heterocycles. The van der Waals surface area contributed by atoms with Crippen LogP contribution in [0.3, 0.4) is 0 Å². The molecule has 1 N–H and O–H groups in total. The molecule has 162 valence electrons. The van der Waals surface area contributed by atoms with Crippen LogP contribution in [0.15, 0.2) is 46.1 Å². The molecule has 1 amide bonds. The minimum atomic E-state index is -0.682. The van der Waals surface area contributed by atoms with Crippen molar-refractivity contribution >= 4 is 29.0 Å². The molecule has 31 heavy (non-hydrogen) atoms. The van der Waals surface area contributed by atoms with E-state index in [4.69, 9.17) is 16.3 Å². The molecule has 0 aliphatic carbocycles. The maximum atomic E-state index is 13.1. The number of amides is 1. The second kappa shape index (κ2) is 9.00. The molecule has 2 heterocycles. The Balaban J connectivity index is 2.11. The molecule has 3 aromatic rings. The minimum absolute atomic E-state index is 0.0244. The first-order chi connectivity index (χ1) is 14.7. The molecule has 0 fully saturated rings. The van der Waals surface area contributed by atoms with Gasteiger partial charge in [-0.15, -0.1) is 5.10 Å². The maximum Gasteiger partial charge on any atom is 0.352 e. The lowest BCUT2D eigenvalue weighted by molar-refractivity contribution is -0.114. The first-order valence-corrected chi connectivity index (χ1v) is 9.57. The molecule has 0 saturated heterocycles. The van der Waals surface area contributed by atoms with Crippen LogP contribution in [-0.2, 0) is 11.3 Å². The molecule has 0 aliphatic rings. The molecular weight excluding hydrogens is 424 g/mol. The minimum Gasteiger partial charge on any atom is -0.476 e. The average molecular weight is 445 g/mol. The van der Waals surface area contributed by atoms with Crippen LogP contribution in [0.1, 0.15) is 12.5 Å². The second-order valence-corrected chi connectivity index (χ2v) is 7.27. The molecule has 0 saturated carbocycles. The predicted octanol–water partition coefficient (Wildman–Crippen LogP) is 1.52. The Morgan fingerprint density at radius 2 is 1.97 bits per heavy atom. The number of methoxy groups -OCH3 is 1. The quantitative estimate of drug-likeness (QED) is 0.613. The van der Waals surface area contributed by atoms with Crippen LogP contribution in [0.2, 0.25) is 5.02 Å². The number of hydrogen-bond acceptors (Lipinski definition) is 7. The largest absolute Gasteiger partial charge is 0.476 e. The summed E-state index contributed by atoms with van der Waals surface area (Å²) in [6, 6.07) is 8.12. The Labute approximate surface area is 182 Å². The number of anilines is 2. The molecule has 0 atom stereocenters. The van der Waals surface area contributed by atoms with Crippen LogP contribution in [0.5, 0.6) is 5.88 Å². The third kappa shape index (κ3) is 4.75. The smallest absolute Gasteiger partial charge is 0.352 e. The zero-order valence-electron chi connectivity index (χ0n) is 17.4. The van der Waals surface area contributed by atoms with E-state index in [2.05, 4.69) is 15.4 Å². The second-order valence-electron chi connectivity index (χ2n) is 6.86. The number of pyridine rings is 1. The molecule has 10 nitrogen and oxygen atoms in total. The van der Waals surface area contributed by atoms with Crippen LogP contribution < -0.4 is 26.2 Å². The molecule has 0 bridgehead atoms. The standard InChI is InChI=1S/C20H21ClN6O4/c1-12(28)23-16-9-14(6-7-15(16)21)27-20(30)26(19(29)18(24-27)31-4)11-13-5-8-17(22-10-13)25(2)3/h5-10H,11H2,1-4H3,(H,23,28). The van der Waals surface area contributed by atoms with Gasteiger partial charge in [0.2, 0.25) is 5.91 Å². The first-order valence-electron chi connectivity index (χ1n) is 9.19. The van der Waals surface area contributed by atoms with Gasteiger partial charge in [-0.1, -0.05) is 17.7 Å². The Morgan fingerprint density at radius 3 is 2.55 bits per heavy atom. The van der Waals surface area contributed by atoms with Crippen LogP contribution in [0.25, 0.3) is 5.69 Å². The number of nitrogens with zero attached hydrogens (tertiary/aromatic N) is 5. The highest BCUT2D eigenvalue weighted by molar-refractivity contribution is 6.33. The van der Waals surface area contributed by atoms with E-state index in [1.807, 2.05) is 19.0 Å². The molecule has 0 unspecified atom stereocenters. The first kappa shape index (κ1) is 22.0. The van der Waals surface area contributed by atoms with Crippen molar-refractivity contribution in [2.75, 3.05) is 31.4 Å². The van der Waals surface area contributed by atoms with Crippen LogP contribution in [0, 0.1) is 0 Å². The van der Waals surface area contributed by atoms with Crippen LogP contribution >= 0.6 is 11.6 Å². The topological polar surface area (TPSA) is 111 Å². The van der Waals surface area contributed by atoms with Crippen molar-refractivity contribution in [1.29, 1.82) is 0 Å². The Hall–Kier alpha value is -3.66. The summed E-state index contributed by atoms with van der Waals surface area (Å²) in [4.78, 5) is 43.4. The van der Waals surface area contributed by atoms with Gasteiger partial charge in [-0.3, -0.25) is 9.59 Å². The van der Waals surface area contributed by atoms with Crippen molar-refractivity contribution in [3.05, 3.63) is 68.0 Å². The molecule has 0 spiro atoms. The van der Waals surface area contributed by atoms with Gasteiger partial charge in [-0.25, -0.2) is 14.3 Å². The monoisotopic (exact) mass is 444 g/mol. The van der Waals surface area contributed by atoms with E-state index >= 15 is 0 Å². The Bertz CT molecular complexity index is 1230. The summed E-state index contributed by atoms with van der Waals surface area (Å²) < 4.78 is 7.11. The third-order valence-electron chi connectivity index (χ3n) is 4.34. The third-order valence-corrected chi connectivity index (χ3v) is 4.67. The summed E-state index contributed by atoms with van der Waals surface area (Å²) in [5, 5.41) is 6.90. The van der Waals surface area contributed by atoms with E-state index < -0.39 is 11.2 Å². The van der Waals surface area contributed by atoms with E-state index in [9.17, 15) is 14.4 Å². The van der Waals surface area contributed by atoms with Crippen molar-refractivity contribution in [3.63, 3.8) is 0 Å². The van der Waals surface area contributed by atoms with Gasteiger partial charge >= 0.3 is 11.2 Å². The van der Waals surface area contributed by atoms with Gasteiger partial charge in [-0.05, 0) is 29.8 Å². The summed E-state index contributed by atoms with van der Waals surface area (Å²) >= 11 is 6.11. The summed E-state index contributed by atoms with van der Waals surface area (Å²) in [7, 11) is 5.02. The Morgan fingerprint density at radius 1 is 1.23 bits per heavy atom. The van der Waals surface area contributed by atoms with Gasteiger partial charge in [0.15, 0.2) is 0 Å². The lowest BCUT2D eigenvalue weighted by Crippen LogP contribution is -2.41. The fourth-order valence-electron chi connectivity index (χ4n) is 2.82. The zero-order valence-corrected chi connectivity index (χ0v) is 18.2. The summed E-state index contributed by atoms with van der Waals surface area (Å²) in [5.41, 5.74) is -0.0958. The molecule has 11 heteroatoms. The maximum absolute atomic E-state index is 13.1. The fraction of sp³-hybridized carbons (Fsp3) is 0.250. The number of benzene rings is 1. The van der Waals surface area contributed by atoms with E-state index in [1.165, 1.54) is 26.2 Å². The lowest BCUT2D eigenvalue weighted by atomic mass is 10.2. The number of hydrogen-bond donors (Lipinski definition) is 1. The predicted molar refractivity (Wildman–Crippen MR) is 118 cm³/mol. The number of carbonyl (C=O) groups is 1. The molecule has 3 rings (SSSR count). The number of rotatable bonds is 6. The molecule has 2 aromatic heterocycles. The number of halogens is 1. The molecular formula is C20H21ClN6O4. The molecule has 1 aromatic carbocycles. The number of ether oxygens (including phenoxy) is 1. The van der Waals surface area contributed by atoms with Gasteiger partial charge in [0.05, 0.1) is 30.1 Å². The van der Waals surface area contributed by atoms with Gasteiger partial charge in [0.1, 0.15) is 5.82 Å². The van der Waals surface area contributed by atoms with Crippen LogP contribution in [-0.4, -0.2) is 46.4 Å². The van der Waals surface area contributed by atoms with E-state index in [0.717, 1.165) is 15.1 Å². The Kier molecular flexibility index (Phi) is 6.40. The molecule has 0 radical (unpaired) electrons. The van der Waals surface area contributed by atoms with E-state index in [1.54, 1.807) is 24.4 Å². The summed E-state index contributed by atoms with van der Waals surface area (Å²) in [6.45, 7) is 1.32. The highest BCUT2D eigenvalue weighted by Crippen LogP contribution is 2.24. The highest BCUT2D eigenvalue weighted by Gasteiger charge is 2.17. The van der Waals surface area contributed by atoms with Crippen LogP contribution in [0.4, 0.5) is 11.5 Å². The fourth-order valence-corrected chi connectivity index (χ4v) is 2.98. The van der Waals surface area contributed by atoms with Crippen molar-refractivity contribution in [3.8, 4) is 11.6 Å². The average Bonchev–Trinajstić information content (AvgIpc) is 2.73. The van der Waals surface area contributed by atoms with E-state index in [-0.39, 0.29) is 18.3 Å². The van der Waals surface area contributed by atoms with Crippen molar-refractivity contribution in [2.24, 2.45) is 0 Å². The lowest BCUT2D eigenvalue weighted by Gasteiger charge is -2.14. The summed E-state index contributed by atoms with van der Waals surface area (Å²) in [5.74, 6) is 0.163. The van der Waals surface area contributed by atoms with Gasteiger partial charge < -0.3 is 15.0 Å². The van der Waals surface area contributed by atoms with Gasteiger partial charge in [0, 0.05) is 27.2 Å². The van der Waals surface area contributed by atoms with Crippen molar-refractivity contribution in [1.82, 2.24) is 19.3 Å². The normalized spacial score (nSPS) is 10.6. The number of carbonyl (C=O) groups excluding carboxylic acids is 1. The van der Waals surface area contributed by atoms with Gasteiger partial charge in [-0.2, -0.15) is 4.68 Å². The van der Waals surface area contributed by atoms with Gasteiger partial charge in [0.25, 0.3) is 5.88 Å². The van der Waals surface area contributed by atoms with Crippen molar-refractivity contribution < 1.29 is 9.53 Å². The summed E-state index contributed by atoms with van der Waals surface area (Å²) in [6.07, 6.45) is 1.59. The zero-order chi connectivity index (χ0) is 22.7. The highest BCUT2D eigenvalue weighted by atomic mass is 35.5. The number of aromatic nitrogens is 4. The van der Waals surface area contributed by atoms with Crippen molar-refractivity contribution in [2.45, 2.75) is 13.5 Å². The SMILES string of the molecule is COc1nn(-c2ccc(Cl)c(NC(C)=O)c2)c(=O)n(Cc2ccc(N(C)C)nc2)c1=O. The van der Waals surface area contributed by atoms with E-state index in [0.29, 0.717) is 22.0 Å². The number of nitrogens with one attached hydrogen (secondary N) is 1.